The lowest BCUT2D eigenvalue weighted by molar-refractivity contribution is 0.0696. The van der Waals surface area contributed by atoms with Gasteiger partial charge in [-0.15, -0.1) is 0 Å². The lowest BCUT2D eigenvalue weighted by Crippen LogP contribution is -2.02. The fourth-order valence-corrected chi connectivity index (χ4v) is 4.06. The molecule has 0 aliphatic heterocycles. The fraction of sp³-hybridized carbons (Fsp3) is 0.133. The lowest BCUT2D eigenvalue weighted by atomic mass is 10.2. The van der Waals surface area contributed by atoms with Crippen molar-refractivity contribution in [2.75, 3.05) is 14.2 Å². The molecule has 7 nitrogen and oxygen atoms in total. The highest BCUT2D eigenvalue weighted by molar-refractivity contribution is 6.67. The molecule has 0 saturated carbocycles. The standard InChI is InChI=1S/C15H12Cl2O3.C15H13ClO4/c2*1-19-13-8-11(15(17)18)7-12(16)14(13)20-9-10-5-3-2-4-6-10/h2-8H,9H2,1H3;2-8H,9H2,1H3,(H,17,18). The van der Waals surface area contributed by atoms with Gasteiger partial charge in [0.1, 0.15) is 13.2 Å². The van der Waals surface area contributed by atoms with Gasteiger partial charge in [0.2, 0.25) is 0 Å². The third-order valence-electron chi connectivity index (χ3n) is 5.38. The van der Waals surface area contributed by atoms with Crippen LogP contribution in [0.3, 0.4) is 0 Å². The van der Waals surface area contributed by atoms with E-state index in [1.165, 1.54) is 38.5 Å². The molecule has 0 aromatic heterocycles. The number of hydrogen-bond donors (Lipinski definition) is 1. The highest BCUT2D eigenvalue weighted by Crippen LogP contribution is 2.38. The first-order chi connectivity index (χ1) is 19.2. The second-order valence-electron chi connectivity index (χ2n) is 8.11. The van der Waals surface area contributed by atoms with E-state index in [0.29, 0.717) is 36.2 Å². The van der Waals surface area contributed by atoms with Gasteiger partial charge >= 0.3 is 5.97 Å². The quantitative estimate of drug-likeness (QED) is 0.184. The largest absolute Gasteiger partial charge is 0.493 e. The van der Waals surface area contributed by atoms with E-state index in [2.05, 4.69) is 0 Å². The zero-order valence-corrected chi connectivity index (χ0v) is 23.8. The summed E-state index contributed by atoms with van der Waals surface area (Å²) in [5.41, 5.74) is 2.30. The topological polar surface area (TPSA) is 91.3 Å². The zero-order valence-electron chi connectivity index (χ0n) is 21.5. The Labute approximate surface area is 246 Å². The minimum atomic E-state index is -1.07. The Kier molecular flexibility index (Phi) is 11.5. The monoisotopic (exact) mass is 602 g/mol. The summed E-state index contributed by atoms with van der Waals surface area (Å²) < 4.78 is 21.6. The van der Waals surface area contributed by atoms with E-state index in [4.69, 9.17) is 58.9 Å². The Balaban J connectivity index is 0.000000220. The Bertz CT molecular complexity index is 1330. The van der Waals surface area contributed by atoms with Gasteiger partial charge in [-0.2, -0.15) is 0 Å². The van der Waals surface area contributed by atoms with Crippen LogP contribution in [0.5, 0.6) is 23.0 Å². The number of rotatable bonds is 10. The maximum absolute atomic E-state index is 11.2. The van der Waals surface area contributed by atoms with Gasteiger partial charge in [-0.05, 0) is 47.0 Å². The summed E-state index contributed by atoms with van der Waals surface area (Å²) in [7, 11) is 2.91. The molecule has 40 heavy (non-hydrogen) atoms. The molecule has 0 atom stereocenters. The molecule has 0 radical (unpaired) electrons. The normalized spacial score (nSPS) is 10.1. The summed E-state index contributed by atoms with van der Waals surface area (Å²) in [5.74, 6) is 0.325. The average Bonchev–Trinajstić information content (AvgIpc) is 2.96. The van der Waals surface area contributed by atoms with Crippen LogP contribution in [0.2, 0.25) is 10.0 Å². The van der Waals surface area contributed by atoms with Crippen LogP contribution in [-0.2, 0) is 13.2 Å². The molecule has 0 bridgehead atoms. The molecule has 10 heteroatoms. The number of carbonyl (C=O) groups excluding carboxylic acids is 1. The van der Waals surface area contributed by atoms with Crippen molar-refractivity contribution in [3.8, 4) is 23.0 Å². The fourth-order valence-electron chi connectivity index (χ4n) is 3.42. The van der Waals surface area contributed by atoms with E-state index in [9.17, 15) is 9.59 Å². The Morgan fingerprint density at radius 2 is 1.07 bits per heavy atom. The van der Waals surface area contributed by atoms with E-state index in [0.717, 1.165) is 11.1 Å². The third-order valence-corrected chi connectivity index (χ3v) is 6.16. The molecule has 4 aromatic rings. The van der Waals surface area contributed by atoms with Gasteiger partial charge in [-0.3, -0.25) is 4.79 Å². The van der Waals surface area contributed by atoms with Crippen molar-refractivity contribution in [1.82, 2.24) is 0 Å². The van der Waals surface area contributed by atoms with Gasteiger partial charge < -0.3 is 24.1 Å². The molecule has 208 valence electrons. The summed E-state index contributed by atoms with van der Waals surface area (Å²) in [6.45, 7) is 0.675. The number of carbonyl (C=O) groups is 2. The van der Waals surface area contributed by atoms with Gasteiger partial charge in [0.15, 0.2) is 23.0 Å². The minimum absolute atomic E-state index is 0.0545. The van der Waals surface area contributed by atoms with E-state index in [1.807, 2.05) is 60.7 Å². The van der Waals surface area contributed by atoms with Crippen LogP contribution in [0.15, 0.2) is 84.9 Å². The summed E-state index contributed by atoms with van der Waals surface area (Å²) in [5, 5.41) is 8.86. The maximum atomic E-state index is 11.2. The predicted octanol–water partition coefficient (Wildman–Crippen LogP) is 7.93. The molecule has 0 fully saturated rings. The maximum Gasteiger partial charge on any atom is 0.335 e. The van der Waals surface area contributed by atoms with Crippen LogP contribution in [0, 0.1) is 0 Å². The predicted molar refractivity (Wildman–Crippen MR) is 155 cm³/mol. The first kappa shape index (κ1) is 30.6. The highest BCUT2D eigenvalue weighted by atomic mass is 35.5. The average molecular weight is 604 g/mol. The zero-order chi connectivity index (χ0) is 29.1. The second kappa shape index (κ2) is 15.0. The Morgan fingerprint density at radius 1 is 0.675 bits per heavy atom. The van der Waals surface area contributed by atoms with Gasteiger partial charge in [0.25, 0.3) is 5.24 Å². The summed E-state index contributed by atoms with van der Waals surface area (Å²) >= 11 is 17.6. The van der Waals surface area contributed by atoms with E-state index in [-0.39, 0.29) is 21.2 Å². The van der Waals surface area contributed by atoms with Gasteiger partial charge in [0.05, 0.1) is 29.8 Å². The molecular weight excluding hydrogens is 579 g/mol. The van der Waals surface area contributed by atoms with E-state index >= 15 is 0 Å². The highest BCUT2D eigenvalue weighted by Gasteiger charge is 2.16. The number of carboxylic acid groups (broad SMARTS) is 1. The number of benzene rings is 4. The van der Waals surface area contributed by atoms with Crippen molar-refractivity contribution in [2.24, 2.45) is 0 Å². The van der Waals surface area contributed by atoms with Gasteiger partial charge in [-0.1, -0.05) is 83.9 Å². The first-order valence-electron chi connectivity index (χ1n) is 11.7. The smallest absolute Gasteiger partial charge is 0.335 e. The lowest BCUT2D eigenvalue weighted by Gasteiger charge is -2.13. The number of ether oxygens (including phenoxy) is 4. The number of halogens is 3. The Morgan fingerprint density at radius 3 is 1.45 bits per heavy atom. The SMILES string of the molecule is COc1cc(C(=O)Cl)cc(Cl)c1OCc1ccccc1.COc1cc(C(=O)O)cc(Cl)c1OCc1ccccc1. The van der Waals surface area contributed by atoms with Crippen LogP contribution in [0.4, 0.5) is 0 Å². The number of methoxy groups -OCH3 is 2. The first-order valence-corrected chi connectivity index (χ1v) is 12.9. The van der Waals surface area contributed by atoms with Crippen molar-refractivity contribution in [1.29, 1.82) is 0 Å². The number of aromatic carboxylic acids is 1. The van der Waals surface area contributed by atoms with Crippen molar-refractivity contribution >= 4 is 46.0 Å². The van der Waals surface area contributed by atoms with E-state index < -0.39 is 11.2 Å². The van der Waals surface area contributed by atoms with Gasteiger partial charge in [0, 0.05) is 5.56 Å². The van der Waals surface area contributed by atoms with E-state index in [1.54, 1.807) is 0 Å². The number of carboxylic acids is 1. The molecule has 0 aliphatic rings. The van der Waals surface area contributed by atoms with Crippen LogP contribution in [-0.4, -0.2) is 30.5 Å². The molecular formula is C30H25Cl3O7. The minimum Gasteiger partial charge on any atom is -0.493 e. The molecule has 0 spiro atoms. The Hall–Kier alpha value is -3.91. The summed E-state index contributed by atoms with van der Waals surface area (Å²) in [4.78, 5) is 22.1. The molecule has 4 aromatic carbocycles. The summed E-state index contributed by atoms with van der Waals surface area (Å²) in [6, 6.07) is 24.9. The van der Waals surface area contributed by atoms with Crippen molar-refractivity contribution in [3.63, 3.8) is 0 Å². The molecule has 0 aliphatic carbocycles. The molecule has 0 unspecified atom stereocenters. The van der Waals surface area contributed by atoms with Crippen molar-refractivity contribution in [3.05, 3.63) is 117 Å². The van der Waals surface area contributed by atoms with Crippen molar-refractivity contribution in [2.45, 2.75) is 13.2 Å². The molecule has 4 rings (SSSR count). The van der Waals surface area contributed by atoms with Gasteiger partial charge in [-0.25, -0.2) is 4.79 Å². The molecule has 0 saturated heterocycles. The molecule has 1 N–H and O–H groups in total. The van der Waals surface area contributed by atoms with Crippen LogP contribution >= 0.6 is 34.8 Å². The summed E-state index contributed by atoms with van der Waals surface area (Å²) in [6.07, 6.45) is 0. The second-order valence-corrected chi connectivity index (χ2v) is 9.26. The third kappa shape index (κ3) is 8.55. The molecule has 0 heterocycles. The molecule has 0 amide bonds. The number of hydrogen-bond acceptors (Lipinski definition) is 6. The van der Waals surface area contributed by atoms with Crippen LogP contribution in [0.25, 0.3) is 0 Å². The van der Waals surface area contributed by atoms with Crippen LogP contribution < -0.4 is 18.9 Å². The van der Waals surface area contributed by atoms with Crippen LogP contribution in [0.1, 0.15) is 31.8 Å². The van der Waals surface area contributed by atoms with Crippen molar-refractivity contribution < 1.29 is 33.6 Å².